The van der Waals surface area contributed by atoms with E-state index in [-0.39, 0.29) is 11.4 Å². The summed E-state index contributed by atoms with van der Waals surface area (Å²) in [7, 11) is 0. The number of hydrogen-bond donors (Lipinski definition) is 1. The number of carboxylic acid groups (broad SMARTS) is 1. The van der Waals surface area contributed by atoms with Crippen LogP contribution >= 0.6 is 0 Å². The van der Waals surface area contributed by atoms with Crippen molar-refractivity contribution in [1.29, 1.82) is 0 Å². The van der Waals surface area contributed by atoms with Crippen molar-refractivity contribution in [1.82, 2.24) is 9.55 Å². The molecule has 0 radical (unpaired) electrons. The minimum Gasteiger partial charge on any atom is -0.478 e. The van der Waals surface area contributed by atoms with Gasteiger partial charge in [-0.15, -0.1) is 0 Å². The highest BCUT2D eigenvalue weighted by molar-refractivity contribution is 5.93. The van der Waals surface area contributed by atoms with Crippen molar-refractivity contribution >= 4 is 17.0 Å². The third-order valence-electron chi connectivity index (χ3n) is 3.54. The van der Waals surface area contributed by atoms with Crippen molar-refractivity contribution in [2.75, 3.05) is 0 Å². The summed E-state index contributed by atoms with van der Waals surface area (Å²) in [4.78, 5) is 15.6. The summed E-state index contributed by atoms with van der Waals surface area (Å²) in [6, 6.07) is 11.1. The molecule has 0 bridgehead atoms. The zero-order chi connectivity index (χ0) is 15.7. The lowest BCUT2D eigenvalue weighted by atomic mass is 10.2. The van der Waals surface area contributed by atoms with Crippen LogP contribution in [0.5, 0.6) is 0 Å². The highest BCUT2D eigenvalue weighted by Crippen LogP contribution is 2.26. The monoisotopic (exact) mass is 298 g/mol. The molecule has 1 N–H and O–H groups in total. The van der Waals surface area contributed by atoms with Gasteiger partial charge in [-0.25, -0.2) is 14.2 Å². The molecule has 112 valence electrons. The van der Waals surface area contributed by atoms with E-state index in [0.717, 1.165) is 29.9 Å². The van der Waals surface area contributed by atoms with Crippen LogP contribution in [0.15, 0.2) is 42.5 Å². The maximum Gasteiger partial charge on any atom is 0.335 e. The number of imidazole rings is 1. The third-order valence-corrected chi connectivity index (χ3v) is 3.54. The summed E-state index contributed by atoms with van der Waals surface area (Å²) >= 11 is 0. The number of aryl methyl sites for hydroxylation is 1. The zero-order valence-electron chi connectivity index (χ0n) is 12.1. The Morgan fingerprint density at radius 1 is 1.23 bits per heavy atom. The van der Waals surface area contributed by atoms with Gasteiger partial charge in [-0.3, -0.25) is 0 Å². The number of hydrogen-bond acceptors (Lipinski definition) is 2. The molecule has 5 heteroatoms. The predicted octanol–water partition coefficient (Wildman–Crippen LogP) is 3.95. The van der Waals surface area contributed by atoms with Crippen LogP contribution in [0.4, 0.5) is 4.39 Å². The topological polar surface area (TPSA) is 55.1 Å². The maximum atomic E-state index is 13.1. The fourth-order valence-electron chi connectivity index (χ4n) is 2.53. The number of aromatic nitrogens is 2. The minimum absolute atomic E-state index is 0.208. The molecule has 3 rings (SSSR count). The largest absolute Gasteiger partial charge is 0.478 e. The Hall–Kier alpha value is -2.69. The second-order valence-electron chi connectivity index (χ2n) is 5.10. The molecule has 0 unspecified atom stereocenters. The fraction of sp³-hybridized carbons (Fsp3) is 0.176. The summed E-state index contributed by atoms with van der Waals surface area (Å²) in [5.41, 5.74) is 2.53. The molecule has 0 amide bonds. The lowest BCUT2D eigenvalue weighted by Gasteiger charge is -2.07. The number of carboxylic acids is 1. The molecule has 0 saturated heterocycles. The van der Waals surface area contributed by atoms with Gasteiger partial charge in [-0.05, 0) is 48.9 Å². The molecule has 1 heterocycles. The summed E-state index contributed by atoms with van der Waals surface area (Å²) in [6.07, 6.45) is 0.917. The van der Waals surface area contributed by atoms with Crippen molar-refractivity contribution in [3.8, 4) is 11.4 Å². The Labute approximate surface area is 126 Å². The van der Waals surface area contributed by atoms with Gasteiger partial charge in [0.05, 0.1) is 16.6 Å². The smallest absolute Gasteiger partial charge is 0.335 e. The standard InChI is InChI=1S/C17H15FN2O2/c1-2-9-20-15-8-5-12(17(21)22)10-14(15)19-16(20)11-3-6-13(18)7-4-11/h3-8,10H,2,9H2,1H3,(H,21,22). The van der Waals surface area contributed by atoms with Gasteiger partial charge >= 0.3 is 5.97 Å². The molecule has 0 aliphatic heterocycles. The molecular weight excluding hydrogens is 283 g/mol. The van der Waals surface area contributed by atoms with E-state index in [2.05, 4.69) is 11.9 Å². The van der Waals surface area contributed by atoms with Crippen molar-refractivity contribution < 1.29 is 14.3 Å². The number of benzene rings is 2. The van der Waals surface area contributed by atoms with E-state index in [1.54, 1.807) is 30.3 Å². The first-order chi connectivity index (χ1) is 10.6. The van der Waals surface area contributed by atoms with Crippen LogP contribution < -0.4 is 0 Å². The fourth-order valence-corrected chi connectivity index (χ4v) is 2.53. The molecule has 1 aromatic heterocycles. The van der Waals surface area contributed by atoms with Crippen LogP contribution in [0.3, 0.4) is 0 Å². The van der Waals surface area contributed by atoms with E-state index in [1.165, 1.54) is 12.1 Å². The predicted molar refractivity (Wildman–Crippen MR) is 82.4 cm³/mol. The first-order valence-corrected chi connectivity index (χ1v) is 7.09. The van der Waals surface area contributed by atoms with Gasteiger partial charge in [0.15, 0.2) is 0 Å². The molecule has 0 aliphatic carbocycles. The highest BCUT2D eigenvalue weighted by atomic mass is 19.1. The van der Waals surface area contributed by atoms with E-state index < -0.39 is 5.97 Å². The van der Waals surface area contributed by atoms with Gasteiger partial charge in [0.25, 0.3) is 0 Å². The van der Waals surface area contributed by atoms with Gasteiger partial charge in [-0.1, -0.05) is 6.92 Å². The highest BCUT2D eigenvalue weighted by Gasteiger charge is 2.14. The normalized spacial score (nSPS) is 11.0. The SMILES string of the molecule is CCCn1c(-c2ccc(F)cc2)nc2cc(C(=O)O)ccc21. The Morgan fingerprint density at radius 3 is 2.59 bits per heavy atom. The van der Waals surface area contributed by atoms with Gasteiger partial charge in [-0.2, -0.15) is 0 Å². The van der Waals surface area contributed by atoms with Gasteiger partial charge in [0.2, 0.25) is 0 Å². The molecule has 0 atom stereocenters. The second kappa shape index (κ2) is 5.60. The summed E-state index contributed by atoms with van der Waals surface area (Å²) < 4.78 is 15.1. The van der Waals surface area contributed by atoms with Crippen LogP contribution in [0, 0.1) is 5.82 Å². The van der Waals surface area contributed by atoms with E-state index in [1.807, 2.05) is 4.57 Å². The molecule has 3 aromatic rings. The van der Waals surface area contributed by atoms with Gasteiger partial charge < -0.3 is 9.67 Å². The maximum absolute atomic E-state index is 13.1. The average Bonchev–Trinajstić information content (AvgIpc) is 2.86. The first kappa shape index (κ1) is 14.3. The number of aromatic carboxylic acids is 1. The van der Waals surface area contributed by atoms with Crippen LogP contribution in [0.2, 0.25) is 0 Å². The summed E-state index contributed by atoms with van der Waals surface area (Å²) in [6.45, 7) is 2.82. The number of carbonyl (C=O) groups is 1. The number of halogens is 1. The van der Waals surface area contributed by atoms with E-state index >= 15 is 0 Å². The molecule has 0 spiro atoms. The van der Waals surface area contributed by atoms with Crippen LogP contribution in [0.25, 0.3) is 22.4 Å². The number of nitrogens with zero attached hydrogens (tertiary/aromatic N) is 2. The number of fused-ring (bicyclic) bond motifs is 1. The van der Waals surface area contributed by atoms with E-state index in [0.29, 0.717) is 5.52 Å². The Bertz CT molecular complexity index is 838. The lowest BCUT2D eigenvalue weighted by Crippen LogP contribution is -2.00. The second-order valence-corrected chi connectivity index (χ2v) is 5.10. The van der Waals surface area contributed by atoms with E-state index in [4.69, 9.17) is 5.11 Å². The molecular formula is C17H15FN2O2. The Morgan fingerprint density at radius 2 is 1.95 bits per heavy atom. The molecule has 0 saturated carbocycles. The summed E-state index contributed by atoms with van der Waals surface area (Å²) in [5, 5.41) is 9.10. The third kappa shape index (κ3) is 2.45. The molecule has 2 aromatic carbocycles. The Balaban J connectivity index is 2.21. The quantitative estimate of drug-likeness (QED) is 0.793. The van der Waals surface area contributed by atoms with E-state index in [9.17, 15) is 9.18 Å². The van der Waals surface area contributed by atoms with Crippen LogP contribution in [0.1, 0.15) is 23.7 Å². The van der Waals surface area contributed by atoms with Gasteiger partial charge in [0, 0.05) is 12.1 Å². The molecule has 4 nitrogen and oxygen atoms in total. The molecule has 22 heavy (non-hydrogen) atoms. The Kier molecular flexibility index (Phi) is 3.63. The molecule has 0 fully saturated rings. The van der Waals surface area contributed by atoms with Crippen LogP contribution in [-0.2, 0) is 6.54 Å². The minimum atomic E-state index is -0.977. The average molecular weight is 298 g/mol. The molecule has 0 aliphatic rings. The van der Waals surface area contributed by atoms with Crippen molar-refractivity contribution in [3.63, 3.8) is 0 Å². The summed E-state index contributed by atoms with van der Waals surface area (Å²) in [5.74, 6) is -0.551. The lowest BCUT2D eigenvalue weighted by molar-refractivity contribution is 0.0697. The number of rotatable bonds is 4. The van der Waals surface area contributed by atoms with Crippen molar-refractivity contribution in [3.05, 3.63) is 53.8 Å². The van der Waals surface area contributed by atoms with Crippen molar-refractivity contribution in [2.45, 2.75) is 19.9 Å². The first-order valence-electron chi connectivity index (χ1n) is 7.09. The van der Waals surface area contributed by atoms with Gasteiger partial charge in [0.1, 0.15) is 11.6 Å². The zero-order valence-corrected chi connectivity index (χ0v) is 12.1. The van der Waals surface area contributed by atoms with Crippen LogP contribution in [-0.4, -0.2) is 20.6 Å². The van der Waals surface area contributed by atoms with Crippen molar-refractivity contribution in [2.24, 2.45) is 0 Å².